The van der Waals surface area contributed by atoms with Gasteiger partial charge in [0.25, 0.3) is 0 Å². The fraction of sp³-hybridized carbons (Fsp3) is 0.429. The van der Waals surface area contributed by atoms with E-state index in [1.807, 2.05) is 24.3 Å². The SMILES string of the molecule is C=CCN(Cc1ccccc1)[C@@H]1CCS(=O)(=O)C1. The van der Waals surface area contributed by atoms with E-state index >= 15 is 0 Å². The predicted molar refractivity (Wildman–Crippen MR) is 74.1 cm³/mol. The minimum absolute atomic E-state index is 0.133. The van der Waals surface area contributed by atoms with Crippen LogP contribution < -0.4 is 0 Å². The molecule has 0 saturated carbocycles. The predicted octanol–water partition coefficient (Wildman–Crippen LogP) is 1.86. The van der Waals surface area contributed by atoms with Crippen LogP contribution in [0.2, 0.25) is 0 Å². The number of sulfone groups is 1. The van der Waals surface area contributed by atoms with Crippen molar-refractivity contribution in [3.63, 3.8) is 0 Å². The van der Waals surface area contributed by atoms with Gasteiger partial charge < -0.3 is 0 Å². The van der Waals surface area contributed by atoms with Gasteiger partial charge in [-0.2, -0.15) is 0 Å². The van der Waals surface area contributed by atoms with Crippen molar-refractivity contribution in [1.29, 1.82) is 0 Å². The quantitative estimate of drug-likeness (QED) is 0.763. The molecule has 1 fully saturated rings. The zero-order valence-electron chi connectivity index (χ0n) is 10.5. The molecule has 0 N–H and O–H groups in total. The zero-order chi connectivity index (χ0) is 13.0. The summed E-state index contributed by atoms with van der Waals surface area (Å²) in [5.74, 6) is 0.605. The summed E-state index contributed by atoms with van der Waals surface area (Å²) in [7, 11) is -2.83. The molecule has 0 radical (unpaired) electrons. The minimum atomic E-state index is -2.83. The molecule has 3 nitrogen and oxygen atoms in total. The van der Waals surface area contributed by atoms with Crippen molar-refractivity contribution in [1.82, 2.24) is 4.90 Å². The topological polar surface area (TPSA) is 37.4 Å². The largest absolute Gasteiger partial charge is 0.291 e. The summed E-state index contributed by atoms with van der Waals surface area (Å²) in [6, 6.07) is 10.3. The second kappa shape index (κ2) is 5.67. The van der Waals surface area contributed by atoms with Gasteiger partial charge >= 0.3 is 0 Å². The Labute approximate surface area is 109 Å². The lowest BCUT2D eigenvalue weighted by Crippen LogP contribution is -2.35. The molecule has 98 valence electrons. The Morgan fingerprint density at radius 3 is 2.61 bits per heavy atom. The normalized spacial score (nSPS) is 22.2. The van der Waals surface area contributed by atoms with Gasteiger partial charge in [0.15, 0.2) is 9.84 Å². The van der Waals surface area contributed by atoms with Crippen LogP contribution >= 0.6 is 0 Å². The van der Waals surface area contributed by atoms with E-state index in [9.17, 15) is 8.42 Å². The fourth-order valence-electron chi connectivity index (χ4n) is 2.39. The van der Waals surface area contributed by atoms with Crippen molar-refractivity contribution >= 4 is 9.84 Å². The molecule has 1 atom stereocenters. The molecule has 1 aromatic carbocycles. The lowest BCUT2D eigenvalue weighted by Gasteiger charge is -2.26. The van der Waals surface area contributed by atoms with Crippen molar-refractivity contribution in [2.75, 3.05) is 18.1 Å². The molecule has 0 unspecified atom stereocenters. The van der Waals surface area contributed by atoms with Gasteiger partial charge in [-0.25, -0.2) is 8.42 Å². The molecule has 0 amide bonds. The van der Waals surface area contributed by atoms with Gasteiger partial charge in [0, 0.05) is 19.1 Å². The third-order valence-corrected chi connectivity index (χ3v) is 5.07. The smallest absolute Gasteiger partial charge is 0.151 e. The molecule has 1 saturated heterocycles. The average molecular weight is 265 g/mol. The summed E-state index contributed by atoms with van der Waals surface area (Å²) in [5.41, 5.74) is 1.21. The lowest BCUT2D eigenvalue weighted by atomic mass is 10.1. The highest BCUT2D eigenvalue weighted by Gasteiger charge is 2.31. The van der Waals surface area contributed by atoms with E-state index in [0.29, 0.717) is 5.75 Å². The van der Waals surface area contributed by atoms with Gasteiger partial charge in [0.2, 0.25) is 0 Å². The number of nitrogens with zero attached hydrogens (tertiary/aromatic N) is 1. The maximum atomic E-state index is 11.5. The average Bonchev–Trinajstić information content (AvgIpc) is 2.70. The number of hydrogen-bond donors (Lipinski definition) is 0. The fourth-order valence-corrected chi connectivity index (χ4v) is 4.15. The zero-order valence-corrected chi connectivity index (χ0v) is 11.3. The van der Waals surface area contributed by atoms with E-state index in [1.165, 1.54) is 5.56 Å². The highest BCUT2D eigenvalue weighted by atomic mass is 32.2. The summed E-state index contributed by atoms with van der Waals surface area (Å²) < 4.78 is 23.1. The van der Waals surface area contributed by atoms with E-state index in [-0.39, 0.29) is 11.8 Å². The molecule has 0 bridgehead atoms. The monoisotopic (exact) mass is 265 g/mol. The first kappa shape index (κ1) is 13.3. The molecular formula is C14H19NO2S. The van der Waals surface area contributed by atoms with E-state index in [4.69, 9.17) is 0 Å². The molecule has 1 aromatic rings. The van der Waals surface area contributed by atoms with Gasteiger partial charge in [-0.1, -0.05) is 36.4 Å². The van der Waals surface area contributed by atoms with Crippen LogP contribution in [0.15, 0.2) is 43.0 Å². The molecule has 18 heavy (non-hydrogen) atoms. The second-order valence-electron chi connectivity index (χ2n) is 4.76. The van der Waals surface area contributed by atoms with E-state index in [1.54, 1.807) is 0 Å². The summed E-state index contributed by atoms with van der Waals surface area (Å²) >= 11 is 0. The Bertz CT molecular complexity index is 496. The van der Waals surface area contributed by atoms with Gasteiger partial charge in [-0.15, -0.1) is 6.58 Å². The minimum Gasteiger partial charge on any atom is -0.291 e. The van der Waals surface area contributed by atoms with Crippen LogP contribution in [0, 0.1) is 0 Å². The third-order valence-electron chi connectivity index (χ3n) is 3.32. The van der Waals surface area contributed by atoms with E-state index in [0.717, 1.165) is 19.5 Å². The number of benzene rings is 1. The van der Waals surface area contributed by atoms with Crippen LogP contribution in [0.5, 0.6) is 0 Å². The van der Waals surface area contributed by atoms with Crippen molar-refractivity contribution in [3.8, 4) is 0 Å². The summed E-state index contributed by atoms with van der Waals surface area (Å²) in [5, 5.41) is 0. The first-order valence-electron chi connectivity index (χ1n) is 6.20. The standard InChI is InChI=1S/C14H19NO2S/c1-2-9-15(11-13-6-4-3-5-7-13)14-8-10-18(16,17)12-14/h2-7,14H,1,8-12H2/t14-/m1/s1. The molecule has 0 aromatic heterocycles. The van der Waals surface area contributed by atoms with E-state index in [2.05, 4.69) is 23.6 Å². The molecule has 0 spiro atoms. The first-order valence-corrected chi connectivity index (χ1v) is 8.02. The maximum absolute atomic E-state index is 11.5. The molecular weight excluding hydrogens is 246 g/mol. The molecule has 0 aliphatic carbocycles. The Hall–Kier alpha value is -1.13. The van der Waals surface area contributed by atoms with Crippen molar-refractivity contribution in [2.45, 2.75) is 19.0 Å². The molecule has 4 heteroatoms. The third kappa shape index (κ3) is 3.43. The van der Waals surface area contributed by atoms with Gasteiger partial charge in [0.1, 0.15) is 0 Å². The molecule has 2 rings (SSSR count). The Morgan fingerprint density at radius 2 is 2.06 bits per heavy atom. The van der Waals surface area contributed by atoms with Crippen LogP contribution in [0.25, 0.3) is 0 Å². The summed E-state index contributed by atoms with van der Waals surface area (Å²) in [6.07, 6.45) is 2.58. The van der Waals surface area contributed by atoms with Crippen LogP contribution in [0.4, 0.5) is 0 Å². The number of rotatable bonds is 5. The molecule has 1 aliphatic heterocycles. The van der Waals surface area contributed by atoms with Crippen LogP contribution in [0.1, 0.15) is 12.0 Å². The highest BCUT2D eigenvalue weighted by Crippen LogP contribution is 2.19. The Balaban J connectivity index is 2.07. The van der Waals surface area contributed by atoms with E-state index < -0.39 is 9.84 Å². The Kier molecular flexibility index (Phi) is 4.19. The van der Waals surface area contributed by atoms with Gasteiger partial charge in [0.05, 0.1) is 11.5 Å². The van der Waals surface area contributed by atoms with Crippen molar-refractivity contribution in [2.24, 2.45) is 0 Å². The number of hydrogen-bond acceptors (Lipinski definition) is 3. The summed E-state index contributed by atoms with van der Waals surface area (Å²) in [4.78, 5) is 2.20. The lowest BCUT2D eigenvalue weighted by molar-refractivity contribution is 0.227. The van der Waals surface area contributed by atoms with Gasteiger partial charge in [-0.05, 0) is 12.0 Å². The van der Waals surface area contributed by atoms with Gasteiger partial charge in [-0.3, -0.25) is 4.90 Å². The summed E-state index contributed by atoms with van der Waals surface area (Å²) in [6.45, 7) is 5.27. The van der Waals surface area contributed by atoms with Crippen LogP contribution in [-0.4, -0.2) is 37.4 Å². The Morgan fingerprint density at radius 1 is 1.33 bits per heavy atom. The van der Waals surface area contributed by atoms with Crippen LogP contribution in [0.3, 0.4) is 0 Å². The first-order chi connectivity index (χ1) is 8.61. The van der Waals surface area contributed by atoms with Crippen molar-refractivity contribution < 1.29 is 8.42 Å². The van der Waals surface area contributed by atoms with Crippen molar-refractivity contribution in [3.05, 3.63) is 48.6 Å². The molecule has 1 aliphatic rings. The molecule has 1 heterocycles. The van der Waals surface area contributed by atoms with Crippen LogP contribution in [-0.2, 0) is 16.4 Å². The maximum Gasteiger partial charge on any atom is 0.151 e. The second-order valence-corrected chi connectivity index (χ2v) is 6.99. The highest BCUT2D eigenvalue weighted by molar-refractivity contribution is 7.91.